The Morgan fingerprint density at radius 2 is 2.33 bits per heavy atom. The van der Waals surface area contributed by atoms with E-state index in [1.807, 2.05) is 0 Å². The Labute approximate surface area is 150 Å². The number of likely N-dealkylation sites (tertiary alicyclic amines) is 1. The number of nitrogens with zero attached hydrogens (tertiary/aromatic N) is 2. The third kappa shape index (κ3) is 5.47. The molecule has 3 N–H and O–H groups in total. The number of rotatable bonds is 5. The molecule has 132 valence electrons. The van der Waals surface area contributed by atoms with Gasteiger partial charge in [0.1, 0.15) is 5.82 Å². The van der Waals surface area contributed by atoms with Crippen LogP contribution in [-0.2, 0) is 11.2 Å². The Morgan fingerprint density at radius 3 is 3.04 bits per heavy atom. The number of primary amides is 1. The van der Waals surface area contributed by atoms with Crippen LogP contribution in [0.3, 0.4) is 0 Å². The highest BCUT2D eigenvalue weighted by Gasteiger charge is 2.23. The third-order valence-corrected chi connectivity index (χ3v) is 4.70. The summed E-state index contributed by atoms with van der Waals surface area (Å²) in [4.78, 5) is 17.6. The molecule has 1 atom stereocenters. The minimum atomic E-state index is -0.255. The number of piperidine rings is 1. The predicted octanol–water partition coefficient (Wildman–Crippen LogP) is 2.29. The van der Waals surface area contributed by atoms with E-state index in [0.29, 0.717) is 24.9 Å². The minimum absolute atomic E-state index is 0.200. The highest BCUT2D eigenvalue weighted by Crippen LogP contribution is 2.19. The number of hydrogen-bond donors (Lipinski definition) is 2. The third-order valence-electron chi connectivity index (χ3n) is 4.21. The standard InChI is InChI=1S/C17H24BrFN4O/c1-21-17(23-8-2-3-12(11-23)9-16(20)24)22-7-6-13-10-14(18)4-5-15(13)19/h4-5,10,12H,2-3,6-9,11H2,1H3,(H2,20,24)(H,21,22). The fourth-order valence-electron chi connectivity index (χ4n) is 3.08. The first-order valence-electron chi connectivity index (χ1n) is 8.17. The fraction of sp³-hybridized carbons (Fsp3) is 0.529. The van der Waals surface area contributed by atoms with Gasteiger partial charge in [-0.2, -0.15) is 0 Å². The van der Waals surface area contributed by atoms with Gasteiger partial charge in [0.25, 0.3) is 0 Å². The molecule has 0 bridgehead atoms. The Morgan fingerprint density at radius 1 is 1.54 bits per heavy atom. The highest BCUT2D eigenvalue weighted by molar-refractivity contribution is 9.10. The van der Waals surface area contributed by atoms with Crippen molar-refractivity contribution in [2.75, 3.05) is 26.7 Å². The lowest BCUT2D eigenvalue weighted by Crippen LogP contribution is -2.47. The molecule has 1 aromatic carbocycles. The van der Waals surface area contributed by atoms with Gasteiger partial charge in [-0.05, 0) is 48.9 Å². The molecule has 0 aromatic heterocycles. The monoisotopic (exact) mass is 398 g/mol. The summed E-state index contributed by atoms with van der Waals surface area (Å²) < 4.78 is 14.6. The van der Waals surface area contributed by atoms with Crippen LogP contribution in [0.5, 0.6) is 0 Å². The molecule has 1 aromatic rings. The van der Waals surface area contributed by atoms with Gasteiger partial charge in [0.05, 0.1) is 0 Å². The van der Waals surface area contributed by atoms with Gasteiger partial charge in [-0.3, -0.25) is 9.79 Å². The van der Waals surface area contributed by atoms with Gasteiger partial charge in [-0.15, -0.1) is 0 Å². The number of guanidine groups is 1. The molecule has 1 aliphatic rings. The number of nitrogens with one attached hydrogen (secondary N) is 1. The lowest BCUT2D eigenvalue weighted by atomic mass is 9.95. The lowest BCUT2D eigenvalue weighted by molar-refractivity contribution is -0.119. The summed E-state index contributed by atoms with van der Waals surface area (Å²) in [6.07, 6.45) is 3.01. The molecule has 0 spiro atoms. The molecule has 0 saturated carbocycles. The fourth-order valence-corrected chi connectivity index (χ4v) is 3.49. The Kier molecular flexibility index (Phi) is 7.02. The first kappa shape index (κ1) is 18.7. The van der Waals surface area contributed by atoms with Crippen LogP contribution in [0.2, 0.25) is 0 Å². The van der Waals surface area contributed by atoms with Crippen LogP contribution < -0.4 is 11.1 Å². The van der Waals surface area contributed by atoms with E-state index in [2.05, 4.69) is 31.1 Å². The number of nitrogens with two attached hydrogens (primary N) is 1. The van der Waals surface area contributed by atoms with Gasteiger partial charge >= 0.3 is 0 Å². The topological polar surface area (TPSA) is 70.7 Å². The summed E-state index contributed by atoms with van der Waals surface area (Å²) in [5.41, 5.74) is 5.97. The number of aliphatic imine (C=N–C) groups is 1. The van der Waals surface area contributed by atoms with Gasteiger partial charge in [0.15, 0.2) is 5.96 Å². The average Bonchev–Trinajstić information content (AvgIpc) is 2.54. The minimum Gasteiger partial charge on any atom is -0.370 e. The maximum absolute atomic E-state index is 13.8. The number of amides is 1. The molecule has 0 radical (unpaired) electrons. The Balaban J connectivity index is 1.88. The number of hydrogen-bond acceptors (Lipinski definition) is 2. The van der Waals surface area contributed by atoms with Crippen LogP contribution in [0.4, 0.5) is 4.39 Å². The van der Waals surface area contributed by atoms with Gasteiger partial charge in [-0.1, -0.05) is 15.9 Å². The van der Waals surface area contributed by atoms with Crippen molar-refractivity contribution in [3.8, 4) is 0 Å². The van der Waals surface area contributed by atoms with Gasteiger partial charge < -0.3 is 16.0 Å². The molecule has 7 heteroatoms. The maximum atomic E-state index is 13.8. The van der Waals surface area contributed by atoms with Crippen LogP contribution in [0.15, 0.2) is 27.7 Å². The average molecular weight is 399 g/mol. The number of carbonyl (C=O) groups excluding carboxylic acids is 1. The van der Waals surface area contributed by atoms with Crippen molar-refractivity contribution in [1.82, 2.24) is 10.2 Å². The van der Waals surface area contributed by atoms with E-state index in [4.69, 9.17) is 5.73 Å². The second kappa shape index (κ2) is 9.01. The molecule has 1 saturated heterocycles. The second-order valence-electron chi connectivity index (χ2n) is 6.08. The SMILES string of the molecule is CN=C(NCCc1cc(Br)ccc1F)N1CCCC(CC(N)=O)C1. The summed E-state index contributed by atoms with van der Waals surface area (Å²) in [5, 5.41) is 3.29. The summed E-state index contributed by atoms with van der Waals surface area (Å²) in [7, 11) is 1.74. The van der Waals surface area contributed by atoms with Crippen LogP contribution in [0, 0.1) is 11.7 Å². The van der Waals surface area contributed by atoms with Crippen molar-refractivity contribution in [2.24, 2.45) is 16.6 Å². The molecule has 2 rings (SSSR count). The molecule has 1 unspecified atom stereocenters. The molecule has 1 amide bonds. The molecule has 24 heavy (non-hydrogen) atoms. The smallest absolute Gasteiger partial charge is 0.217 e. The van der Waals surface area contributed by atoms with Crippen molar-refractivity contribution in [3.63, 3.8) is 0 Å². The second-order valence-corrected chi connectivity index (χ2v) is 7.00. The number of halogens is 2. The van der Waals surface area contributed by atoms with Crippen LogP contribution in [-0.4, -0.2) is 43.4 Å². The number of benzene rings is 1. The van der Waals surface area contributed by atoms with Crippen molar-refractivity contribution in [2.45, 2.75) is 25.7 Å². The van der Waals surface area contributed by atoms with Crippen LogP contribution in [0.25, 0.3) is 0 Å². The molecule has 1 aliphatic heterocycles. The highest BCUT2D eigenvalue weighted by atomic mass is 79.9. The first-order chi connectivity index (χ1) is 11.5. The Hall–Kier alpha value is -1.63. The quantitative estimate of drug-likeness (QED) is 0.590. The zero-order valence-electron chi connectivity index (χ0n) is 13.9. The molecular weight excluding hydrogens is 375 g/mol. The van der Waals surface area contributed by atoms with E-state index in [1.165, 1.54) is 6.07 Å². The zero-order valence-corrected chi connectivity index (χ0v) is 15.5. The van der Waals surface area contributed by atoms with E-state index in [0.717, 1.165) is 36.4 Å². The van der Waals surface area contributed by atoms with Crippen LogP contribution >= 0.6 is 15.9 Å². The first-order valence-corrected chi connectivity index (χ1v) is 8.96. The summed E-state index contributed by atoms with van der Waals surface area (Å²) >= 11 is 3.36. The molecule has 1 fully saturated rings. The normalized spacial score (nSPS) is 18.5. The van der Waals surface area contributed by atoms with E-state index >= 15 is 0 Å². The summed E-state index contributed by atoms with van der Waals surface area (Å²) in [5.74, 6) is 0.612. The van der Waals surface area contributed by atoms with E-state index in [1.54, 1.807) is 19.2 Å². The van der Waals surface area contributed by atoms with Gasteiger partial charge in [0, 0.05) is 37.6 Å². The molecule has 1 heterocycles. The van der Waals surface area contributed by atoms with E-state index in [-0.39, 0.29) is 17.6 Å². The maximum Gasteiger partial charge on any atom is 0.217 e. The summed E-state index contributed by atoms with van der Waals surface area (Å²) in [6.45, 7) is 2.27. The molecule has 0 aliphatic carbocycles. The summed E-state index contributed by atoms with van der Waals surface area (Å²) in [6, 6.07) is 4.95. The predicted molar refractivity (Wildman–Crippen MR) is 97.3 cm³/mol. The van der Waals surface area contributed by atoms with Crippen molar-refractivity contribution in [3.05, 3.63) is 34.1 Å². The molecular formula is C17H24BrFN4O. The van der Waals surface area contributed by atoms with Gasteiger partial charge in [0.2, 0.25) is 5.91 Å². The van der Waals surface area contributed by atoms with Crippen molar-refractivity contribution >= 4 is 27.8 Å². The van der Waals surface area contributed by atoms with Crippen molar-refractivity contribution < 1.29 is 9.18 Å². The van der Waals surface area contributed by atoms with Gasteiger partial charge in [-0.25, -0.2) is 4.39 Å². The van der Waals surface area contributed by atoms with E-state index < -0.39 is 0 Å². The zero-order chi connectivity index (χ0) is 17.5. The lowest BCUT2D eigenvalue weighted by Gasteiger charge is -2.34. The largest absolute Gasteiger partial charge is 0.370 e. The Bertz CT molecular complexity index is 608. The molecule has 5 nitrogen and oxygen atoms in total. The van der Waals surface area contributed by atoms with Crippen molar-refractivity contribution in [1.29, 1.82) is 0 Å². The van der Waals surface area contributed by atoms with E-state index in [9.17, 15) is 9.18 Å². The van der Waals surface area contributed by atoms with Crippen LogP contribution in [0.1, 0.15) is 24.8 Å². The number of carbonyl (C=O) groups is 1.